The highest BCUT2D eigenvalue weighted by atomic mass is 16.6. The lowest BCUT2D eigenvalue weighted by atomic mass is 9.80. The van der Waals surface area contributed by atoms with Gasteiger partial charge >= 0.3 is 0 Å². The predicted octanol–water partition coefficient (Wildman–Crippen LogP) is 2.09. The molecule has 1 aliphatic heterocycles. The van der Waals surface area contributed by atoms with Gasteiger partial charge in [-0.2, -0.15) is 5.10 Å². The Bertz CT molecular complexity index is 1080. The first-order chi connectivity index (χ1) is 15.4. The number of aryl methyl sites for hydroxylation is 1. The van der Waals surface area contributed by atoms with Crippen LogP contribution in [0.15, 0.2) is 47.4 Å². The molecule has 1 aliphatic rings. The molecule has 3 aromatic rings. The van der Waals surface area contributed by atoms with Crippen molar-refractivity contribution in [3.05, 3.63) is 59.7 Å². The van der Waals surface area contributed by atoms with Gasteiger partial charge in [-0.15, -0.1) is 0 Å². The van der Waals surface area contributed by atoms with Gasteiger partial charge in [0.05, 0.1) is 23.7 Å². The molecule has 1 aromatic carbocycles. The summed E-state index contributed by atoms with van der Waals surface area (Å²) in [5.74, 6) is -0.0828. The maximum Gasteiger partial charge on any atom is 0.228 e. The molecule has 0 unspecified atom stereocenters. The van der Waals surface area contributed by atoms with Crippen LogP contribution in [0.1, 0.15) is 36.7 Å². The van der Waals surface area contributed by atoms with Crippen LogP contribution in [0.5, 0.6) is 0 Å². The van der Waals surface area contributed by atoms with Gasteiger partial charge in [0.2, 0.25) is 11.8 Å². The van der Waals surface area contributed by atoms with E-state index in [0.29, 0.717) is 37.4 Å². The summed E-state index contributed by atoms with van der Waals surface area (Å²) in [6.45, 7) is 5.25. The molecular formula is C23H28N6O3. The molecule has 1 N–H and O–H groups in total. The van der Waals surface area contributed by atoms with Crippen molar-refractivity contribution in [2.24, 2.45) is 5.41 Å². The third kappa shape index (κ3) is 4.87. The zero-order valence-corrected chi connectivity index (χ0v) is 18.5. The summed E-state index contributed by atoms with van der Waals surface area (Å²) in [7, 11) is 0. The first kappa shape index (κ1) is 21.7. The van der Waals surface area contributed by atoms with E-state index in [1.165, 1.54) is 0 Å². The molecule has 0 radical (unpaired) electrons. The average Bonchev–Trinajstić information content (AvgIpc) is 3.43. The highest BCUT2D eigenvalue weighted by Crippen LogP contribution is 2.30. The van der Waals surface area contributed by atoms with E-state index in [0.717, 1.165) is 24.1 Å². The second-order valence-electron chi connectivity index (χ2n) is 8.59. The smallest absolute Gasteiger partial charge is 0.228 e. The monoisotopic (exact) mass is 436 g/mol. The Morgan fingerprint density at radius 2 is 2.03 bits per heavy atom. The second-order valence-corrected chi connectivity index (χ2v) is 8.59. The number of hydrogen-bond acceptors (Lipinski definition) is 6. The van der Waals surface area contributed by atoms with Crippen molar-refractivity contribution in [3.63, 3.8) is 0 Å². The highest BCUT2D eigenvalue weighted by Gasteiger charge is 2.39. The molecule has 2 amide bonds. The molecule has 0 bridgehead atoms. The quantitative estimate of drug-likeness (QED) is 0.608. The van der Waals surface area contributed by atoms with Crippen molar-refractivity contribution in [3.8, 4) is 5.69 Å². The fourth-order valence-corrected chi connectivity index (χ4v) is 4.05. The van der Waals surface area contributed by atoms with Gasteiger partial charge in [0, 0.05) is 25.8 Å². The Morgan fingerprint density at radius 1 is 1.22 bits per heavy atom. The Labute approximate surface area is 186 Å². The van der Waals surface area contributed by atoms with Gasteiger partial charge in [0.25, 0.3) is 0 Å². The Balaban J connectivity index is 1.29. The van der Waals surface area contributed by atoms with Crippen LogP contribution < -0.4 is 5.32 Å². The van der Waals surface area contributed by atoms with Crippen molar-refractivity contribution in [2.75, 3.05) is 19.6 Å². The normalized spacial score (nSPS) is 18.5. The Morgan fingerprint density at radius 3 is 2.78 bits per heavy atom. The minimum absolute atomic E-state index is 0.0234. The molecule has 0 aliphatic carbocycles. The van der Waals surface area contributed by atoms with E-state index in [-0.39, 0.29) is 18.2 Å². The molecule has 32 heavy (non-hydrogen) atoms. The van der Waals surface area contributed by atoms with E-state index in [2.05, 4.69) is 25.4 Å². The van der Waals surface area contributed by atoms with E-state index in [4.69, 9.17) is 0 Å². The number of likely N-dealkylation sites (tertiary alicyclic amines) is 1. The maximum absolute atomic E-state index is 13.0. The van der Waals surface area contributed by atoms with E-state index in [1.54, 1.807) is 11.8 Å². The van der Waals surface area contributed by atoms with Crippen LogP contribution in [-0.4, -0.2) is 56.4 Å². The number of hydrogen-bond donors (Lipinski definition) is 1. The largest absolute Gasteiger partial charge is 0.355 e. The third-order valence-corrected chi connectivity index (χ3v) is 6.02. The zero-order chi connectivity index (χ0) is 22.6. The average molecular weight is 437 g/mol. The molecule has 1 fully saturated rings. The molecule has 3 heterocycles. The van der Waals surface area contributed by atoms with Crippen molar-refractivity contribution in [2.45, 2.75) is 39.5 Å². The number of amides is 2. The van der Waals surface area contributed by atoms with Crippen LogP contribution in [0.2, 0.25) is 0 Å². The SMILES string of the molecule is Cc1nonc1CC(=O)N1CCC[C@](C)(C(=O)NCCc2cnn(-c3ccccc3)c2)C1. The van der Waals surface area contributed by atoms with E-state index >= 15 is 0 Å². The molecule has 0 spiro atoms. The molecular weight excluding hydrogens is 408 g/mol. The summed E-state index contributed by atoms with van der Waals surface area (Å²) in [6.07, 6.45) is 6.16. The van der Waals surface area contributed by atoms with Gasteiger partial charge in [-0.1, -0.05) is 28.5 Å². The molecule has 9 nitrogen and oxygen atoms in total. The molecule has 2 aromatic heterocycles. The van der Waals surface area contributed by atoms with Gasteiger partial charge < -0.3 is 10.2 Å². The van der Waals surface area contributed by atoms with Crippen molar-refractivity contribution in [1.29, 1.82) is 0 Å². The number of benzene rings is 1. The van der Waals surface area contributed by atoms with Crippen molar-refractivity contribution >= 4 is 11.8 Å². The molecule has 1 saturated heterocycles. The van der Waals surface area contributed by atoms with E-state index in [1.807, 2.05) is 54.3 Å². The van der Waals surface area contributed by atoms with Gasteiger partial charge in [0.1, 0.15) is 11.4 Å². The van der Waals surface area contributed by atoms with Crippen LogP contribution >= 0.6 is 0 Å². The molecule has 1 atom stereocenters. The van der Waals surface area contributed by atoms with Crippen LogP contribution in [0.4, 0.5) is 0 Å². The standard InChI is InChI=1S/C23H28N6O3/c1-17-20(27-32-26-17)13-21(30)28-12-6-10-23(2,16-28)22(31)24-11-9-18-14-25-29(15-18)19-7-4-3-5-8-19/h3-5,7-8,14-15H,6,9-13,16H2,1-2H3,(H,24,31)/t23-/m0/s1. The highest BCUT2D eigenvalue weighted by molar-refractivity contribution is 5.84. The Hall–Kier alpha value is -3.49. The van der Waals surface area contributed by atoms with Crippen LogP contribution in [0.25, 0.3) is 5.69 Å². The van der Waals surface area contributed by atoms with Crippen molar-refractivity contribution in [1.82, 2.24) is 30.3 Å². The lowest BCUT2D eigenvalue weighted by Crippen LogP contribution is -2.52. The van der Waals surface area contributed by atoms with Crippen LogP contribution in [0, 0.1) is 12.3 Å². The molecule has 168 valence electrons. The third-order valence-electron chi connectivity index (χ3n) is 6.02. The minimum Gasteiger partial charge on any atom is -0.355 e. The number of aromatic nitrogens is 4. The lowest BCUT2D eigenvalue weighted by Gasteiger charge is -2.39. The zero-order valence-electron chi connectivity index (χ0n) is 18.5. The molecule has 4 rings (SSSR count). The summed E-state index contributed by atoms with van der Waals surface area (Å²) in [4.78, 5) is 27.4. The number of rotatable bonds is 7. The topological polar surface area (TPSA) is 106 Å². The predicted molar refractivity (Wildman–Crippen MR) is 117 cm³/mol. The van der Waals surface area contributed by atoms with Gasteiger partial charge in [-0.3, -0.25) is 9.59 Å². The number of piperidine rings is 1. The lowest BCUT2D eigenvalue weighted by molar-refractivity contribution is -0.140. The molecule has 9 heteroatoms. The summed E-state index contributed by atoms with van der Waals surface area (Å²) in [6, 6.07) is 9.90. The van der Waals surface area contributed by atoms with Crippen LogP contribution in [0.3, 0.4) is 0 Å². The fraction of sp³-hybridized carbons (Fsp3) is 0.435. The van der Waals surface area contributed by atoms with Crippen LogP contribution in [-0.2, 0) is 22.4 Å². The summed E-state index contributed by atoms with van der Waals surface area (Å²) in [5.41, 5.74) is 2.60. The number of carbonyl (C=O) groups is 2. The number of nitrogens with zero attached hydrogens (tertiary/aromatic N) is 5. The maximum atomic E-state index is 13.0. The number of para-hydroxylation sites is 1. The summed E-state index contributed by atoms with van der Waals surface area (Å²) in [5, 5.41) is 15.0. The first-order valence-electron chi connectivity index (χ1n) is 10.9. The molecule has 0 saturated carbocycles. The van der Waals surface area contributed by atoms with Gasteiger partial charge in [-0.25, -0.2) is 9.31 Å². The second kappa shape index (κ2) is 9.33. The first-order valence-corrected chi connectivity index (χ1v) is 10.9. The van der Waals surface area contributed by atoms with Crippen molar-refractivity contribution < 1.29 is 14.2 Å². The Kier molecular flexibility index (Phi) is 6.34. The minimum atomic E-state index is -0.612. The summed E-state index contributed by atoms with van der Waals surface area (Å²) < 4.78 is 6.51. The van der Waals surface area contributed by atoms with Gasteiger partial charge in [-0.05, 0) is 50.8 Å². The van der Waals surface area contributed by atoms with E-state index in [9.17, 15) is 9.59 Å². The number of nitrogens with one attached hydrogen (secondary N) is 1. The fourth-order valence-electron chi connectivity index (χ4n) is 4.05. The summed E-state index contributed by atoms with van der Waals surface area (Å²) >= 11 is 0. The number of carbonyl (C=O) groups excluding carboxylic acids is 2. The van der Waals surface area contributed by atoms with E-state index < -0.39 is 5.41 Å². The van der Waals surface area contributed by atoms with Gasteiger partial charge in [0.15, 0.2) is 0 Å².